The van der Waals surface area contributed by atoms with Crippen molar-refractivity contribution in [2.24, 2.45) is 0 Å². The molecule has 1 heterocycles. The van der Waals surface area contributed by atoms with Crippen LogP contribution in [-0.2, 0) is 11.3 Å². The van der Waals surface area contributed by atoms with Gasteiger partial charge in [-0.05, 0) is 25.1 Å². The molecule has 122 valence electrons. The van der Waals surface area contributed by atoms with E-state index in [9.17, 15) is 9.59 Å². The molecule has 0 aliphatic heterocycles. The molecule has 4 nitrogen and oxygen atoms in total. The van der Waals surface area contributed by atoms with E-state index in [0.29, 0.717) is 6.54 Å². The van der Waals surface area contributed by atoms with E-state index in [0.717, 1.165) is 21.1 Å². The maximum absolute atomic E-state index is 12.2. The summed E-state index contributed by atoms with van der Waals surface area (Å²) in [5, 5.41) is 0. The maximum Gasteiger partial charge on any atom is 0.223 e. The lowest BCUT2D eigenvalue weighted by Gasteiger charge is -2.18. The average molecular weight is 331 g/mol. The number of para-hydroxylation sites is 1. The average Bonchev–Trinajstić information content (AvgIpc) is 2.99. The standard InChI is InChI=1S/C18H21NO3S/c1-13-8-10-17(23-13)15(20)9-11-18(21)19(2)12-14-6-4-5-7-16(14)22-3/h4-8,10H,9,11-12H2,1-3H3. The first-order chi connectivity index (χ1) is 11.0. The Morgan fingerprint density at radius 1 is 1.13 bits per heavy atom. The number of carbonyl (C=O) groups excluding carboxylic acids is 2. The third-order valence-electron chi connectivity index (χ3n) is 3.61. The number of aryl methyl sites for hydroxylation is 1. The van der Waals surface area contributed by atoms with Crippen LogP contribution in [0.15, 0.2) is 36.4 Å². The van der Waals surface area contributed by atoms with E-state index in [-0.39, 0.29) is 24.5 Å². The summed E-state index contributed by atoms with van der Waals surface area (Å²) in [6.45, 7) is 2.43. The van der Waals surface area contributed by atoms with Crippen molar-refractivity contribution in [1.82, 2.24) is 4.90 Å². The van der Waals surface area contributed by atoms with E-state index in [2.05, 4.69) is 0 Å². The molecule has 2 aromatic rings. The van der Waals surface area contributed by atoms with Crippen LogP contribution in [0.3, 0.4) is 0 Å². The lowest BCUT2D eigenvalue weighted by Crippen LogP contribution is -2.26. The Morgan fingerprint density at radius 2 is 1.87 bits per heavy atom. The largest absolute Gasteiger partial charge is 0.496 e. The molecule has 0 fully saturated rings. The van der Waals surface area contributed by atoms with Crippen LogP contribution in [0.4, 0.5) is 0 Å². The number of ether oxygens (including phenoxy) is 1. The predicted octanol–water partition coefficient (Wildman–Crippen LogP) is 3.69. The van der Waals surface area contributed by atoms with Crippen LogP contribution in [-0.4, -0.2) is 30.7 Å². The van der Waals surface area contributed by atoms with Crippen molar-refractivity contribution in [2.45, 2.75) is 26.3 Å². The van der Waals surface area contributed by atoms with Crippen molar-refractivity contribution in [3.8, 4) is 5.75 Å². The van der Waals surface area contributed by atoms with E-state index in [1.807, 2.05) is 43.3 Å². The highest BCUT2D eigenvalue weighted by atomic mass is 32.1. The van der Waals surface area contributed by atoms with Gasteiger partial charge in [0.2, 0.25) is 5.91 Å². The highest BCUT2D eigenvalue weighted by Gasteiger charge is 2.15. The molecule has 5 heteroatoms. The van der Waals surface area contributed by atoms with Crippen LogP contribution in [0.5, 0.6) is 5.75 Å². The fourth-order valence-corrected chi connectivity index (χ4v) is 3.13. The second kappa shape index (κ2) is 7.92. The molecular weight excluding hydrogens is 310 g/mol. The fourth-order valence-electron chi connectivity index (χ4n) is 2.30. The molecule has 0 bridgehead atoms. The Balaban J connectivity index is 1.89. The fraction of sp³-hybridized carbons (Fsp3) is 0.333. The molecule has 1 amide bonds. The summed E-state index contributed by atoms with van der Waals surface area (Å²) in [5.74, 6) is 0.747. The summed E-state index contributed by atoms with van der Waals surface area (Å²) in [7, 11) is 3.36. The van der Waals surface area contributed by atoms with Gasteiger partial charge in [0, 0.05) is 36.9 Å². The first kappa shape index (κ1) is 17.2. The van der Waals surface area contributed by atoms with Gasteiger partial charge in [0.25, 0.3) is 0 Å². The van der Waals surface area contributed by atoms with Crippen molar-refractivity contribution >= 4 is 23.0 Å². The maximum atomic E-state index is 12.2. The number of ketones is 1. The van der Waals surface area contributed by atoms with Gasteiger partial charge in [-0.15, -0.1) is 11.3 Å². The zero-order chi connectivity index (χ0) is 16.8. The normalized spacial score (nSPS) is 10.4. The highest BCUT2D eigenvalue weighted by molar-refractivity contribution is 7.14. The lowest BCUT2D eigenvalue weighted by atomic mass is 10.1. The molecule has 0 aliphatic carbocycles. The van der Waals surface area contributed by atoms with Gasteiger partial charge in [0.15, 0.2) is 5.78 Å². The minimum absolute atomic E-state index is 0.0298. The Morgan fingerprint density at radius 3 is 2.52 bits per heavy atom. The predicted molar refractivity (Wildman–Crippen MR) is 92.1 cm³/mol. The molecule has 1 aromatic heterocycles. The number of benzene rings is 1. The van der Waals surface area contributed by atoms with Crippen molar-refractivity contribution in [1.29, 1.82) is 0 Å². The number of carbonyl (C=O) groups is 2. The van der Waals surface area contributed by atoms with Gasteiger partial charge in [-0.1, -0.05) is 18.2 Å². The minimum atomic E-state index is -0.0439. The summed E-state index contributed by atoms with van der Waals surface area (Å²) in [6, 6.07) is 11.4. The van der Waals surface area contributed by atoms with Gasteiger partial charge in [-0.25, -0.2) is 0 Å². The molecule has 0 saturated carbocycles. The van der Waals surface area contributed by atoms with Crippen molar-refractivity contribution in [3.05, 3.63) is 51.7 Å². The highest BCUT2D eigenvalue weighted by Crippen LogP contribution is 2.20. The Hall–Kier alpha value is -2.14. The van der Waals surface area contributed by atoms with Gasteiger partial charge in [0.05, 0.1) is 12.0 Å². The van der Waals surface area contributed by atoms with Gasteiger partial charge in [-0.3, -0.25) is 9.59 Å². The van der Waals surface area contributed by atoms with Crippen LogP contribution in [0.25, 0.3) is 0 Å². The number of hydrogen-bond acceptors (Lipinski definition) is 4. The molecule has 0 aliphatic rings. The molecule has 2 rings (SSSR count). The number of rotatable bonds is 7. The van der Waals surface area contributed by atoms with Gasteiger partial charge >= 0.3 is 0 Å². The Bertz CT molecular complexity index is 693. The van der Waals surface area contributed by atoms with E-state index >= 15 is 0 Å². The Kier molecular flexibility index (Phi) is 5.93. The number of Topliss-reactive ketones (excluding diaryl/α,β-unsaturated/α-hetero) is 1. The van der Waals surface area contributed by atoms with Crippen LogP contribution in [0, 0.1) is 6.92 Å². The smallest absolute Gasteiger partial charge is 0.223 e. The van der Waals surface area contributed by atoms with Crippen LogP contribution < -0.4 is 4.74 Å². The molecule has 0 radical (unpaired) electrons. The van der Waals surface area contributed by atoms with E-state index in [4.69, 9.17) is 4.74 Å². The summed E-state index contributed by atoms with van der Waals surface area (Å²) in [4.78, 5) is 27.7. The molecule has 23 heavy (non-hydrogen) atoms. The molecule has 1 aromatic carbocycles. The van der Waals surface area contributed by atoms with Gasteiger partial charge in [-0.2, -0.15) is 0 Å². The molecule has 0 spiro atoms. The van der Waals surface area contributed by atoms with Gasteiger partial charge in [0.1, 0.15) is 5.75 Å². The van der Waals surface area contributed by atoms with Crippen molar-refractivity contribution in [2.75, 3.05) is 14.2 Å². The van der Waals surface area contributed by atoms with Crippen LogP contribution in [0.1, 0.15) is 33.0 Å². The molecule has 0 atom stereocenters. The van der Waals surface area contributed by atoms with E-state index in [1.54, 1.807) is 19.1 Å². The topological polar surface area (TPSA) is 46.6 Å². The zero-order valence-corrected chi connectivity index (χ0v) is 14.5. The zero-order valence-electron chi connectivity index (χ0n) is 13.7. The van der Waals surface area contributed by atoms with E-state index in [1.165, 1.54) is 11.3 Å². The summed E-state index contributed by atoms with van der Waals surface area (Å²) < 4.78 is 5.29. The molecule has 0 unspecified atom stereocenters. The molecule has 0 N–H and O–H groups in total. The van der Waals surface area contributed by atoms with Crippen molar-refractivity contribution in [3.63, 3.8) is 0 Å². The summed E-state index contributed by atoms with van der Waals surface area (Å²) >= 11 is 1.47. The minimum Gasteiger partial charge on any atom is -0.496 e. The quantitative estimate of drug-likeness (QED) is 0.727. The summed E-state index contributed by atoms with van der Waals surface area (Å²) in [6.07, 6.45) is 0.469. The molecule has 0 saturated heterocycles. The second-order valence-corrected chi connectivity index (χ2v) is 6.68. The Labute approximate surface area is 140 Å². The first-order valence-corrected chi connectivity index (χ1v) is 8.28. The third kappa shape index (κ3) is 4.66. The van der Waals surface area contributed by atoms with E-state index < -0.39 is 0 Å². The number of thiophene rings is 1. The van der Waals surface area contributed by atoms with Crippen molar-refractivity contribution < 1.29 is 14.3 Å². The number of methoxy groups -OCH3 is 1. The van der Waals surface area contributed by atoms with Gasteiger partial charge < -0.3 is 9.64 Å². The van der Waals surface area contributed by atoms with Crippen LogP contribution >= 0.6 is 11.3 Å². The number of amides is 1. The number of hydrogen-bond donors (Lipinski definition) is 0. The monoisotopic (exact) mass is 331 g/mol. The summed E-state index contributed by atoms with van der Waals surface area (Å²) in [5.41, 5.74) is 0.950. The molecular formula is C18H21NO3S. The second-order valence-electron chi connectivity index (χ2n) is 5.40. The first-order valence-electron chi connectivity index (χ1n) is 7.46. The SMILES string of the molecule is COc1ccccc1CN(C)C(=O)CCC(=O)c1ccc(C)s1. The third-order valence-corrected chi connectivity index (χ3v) is 4.65. The van der Waals surface area contributed by atoms with Crippen LogP contribution in [0.2, 0.25) is 0 Å². The lowest BCUT2D eigenvalue weighted by molar-refractivity contribution is -0.130. The number of nitrogens with zero attached hydrogens (tertiary/aromatic N) is 1.